The van der Waals surface area contributed by atoms with Crippen molar-refractivity contribution in [1.82, 2.24) is 0 Å². The van der Waals surface area contributed by atoms with Gasteiger partial charge >= 0.3 is 0 Å². The molecule has 5 heteroatoms. The Hall–Kier alpha value is -3.47. The topological polar surface area (TPSA) is 30.8 Å². The minimum atomic E-state index is -0.643. The minimum absolute atomic E-state index is 0.121. The molecule has 146 valence electrons. The number of rotatable bonds is 6. The van der Waals surface area contributed by atoms with Crippen LogP contribution in [0, 0.1) is 11.6 Å². The number of benzene rings is 3. The first-order valence-corrected chi connectivity index (χ1v) is 9.22. The lowest BCUT2D eigenvalue weighted by Crippen LogP contribution is -2.04. The number of hydrogen-bond acceptors (Lipinski definition) is 3. The predicted octanol–water partition coefficient (Wildman–Crippen LogP) is 5.89. The van der Waals surface area contributed by atoms with Crippen molar-refractivity contribution in [2.24, 2.45) is 4.99 Å². The zero-order chi connectivity index (χ0) is 20.2. The highest BCUT2D eigenvalue weighted by molar-refractivity contribution is 6.04. The Labute approximate surface area is 167 Å². The van der Waals surface area contributed by atoms with Crippen LogP contribution in [0.15, 0.2) is 71.7 Å². The fraction of sp³-hybridized carbons (Fsp3) is 0.125. The van der Waals surface area contributed by atoms with Gasteiger partial charge in [0.05, 0.1) is 18.4 Å². The van der Waals surface area contributed by atoms with Gasteiger partial charge < -0.3 is 9.47 Å². The number of allylic oxidation sites excluding steroid dienone is 1. The van der Waals surface area contributed by atoms with Gasteiger partial charge in [-0.05, 0) is 42.0 Å². The number of aliphatic imine (C=N–C) groups is 1. The molecular formula is C24H19F2NO2. The highest BCUT2D eigenvalue weighted by Crippen LogP contribution is 2.34. The Morgan fingerprint density at radius 3 is 2.45 bits per heavy atom. The summed E-state index contributed by atoms with van der Waals surface area (Å²) in [7, 11) is 1.52. The summed E-state index contributed by atoms with van der Waals surface area (Å²) < 4.78 is 39.0. The van der Waals surface area contributed by atoms with Crippen LogP contribution in [0.4, 0.5) is 14.5 Å². The molecule has 0 saturated carbocycles. The Kier molecular flexibility index (Phi) is 5.38. The third-order valence-corrected chi connectivity index (χ3v) is 4.73. The average molecular weight is 391 g/mol. The van der Waals surface area contributed by atoms with E-state index in [-0.39, 0.29) is 12.2 Å². The third-order valence-electron chi connectivity index (χ3n) is 4.73. The van der Waals surface area contributed by atoms with E-state index >= 15 is 0 Å². The van der Waals surface area contributed by atoms with Gasteiger partial charge in [0.2, 0.25) is 0 Å². The molecule has 0 radical (unpaired) electrons. The molecule has 3 aromatic rings. The molecule has 0 atom stereocenters. The van der Waals surface area contributed by atoms with Crippen molar-refractivity contribution >= 4 is 17.5 Å². The Bertz CT molecular complexity index is 1090. The van der Waals surface area contributed by atoms with Crippen molar-refractivity contribution < 1.29 is 18.3 Å². The number of halogens is 2. The van der Waals surface area contributed by atoms with Crippen LogP contribution in [0.5, 0.6) is 11.5 Å². The smallest absolute Gasteiger partial charge is 0.168 e. The van der Waals surface area contributed by atoms with Crippen LogP contribution in [0.3, 0.4) is 0 Å². The van der Waals surface area contributed by atoms with E-state index in [4.69, 9.17) is 9.47 Å². The summed E-state index contributed by atoms with van der Waals surface area (Å²) in [6, 6.07) is 17.2. The molecule has 0 amide bonds. The van der Waals surface area contributed by atoms with Gasteiger partial charge in [0.15, 0.2) is 11.5 Å². The zero-order valence-electron chi connectivity index (χ0n) is 15.9. The highest BCUT2D eigenvalue weighted by atomic mass is 19.1. The maximum Gasteiger partial charge on any atom is 0.168 e. The summed E-state index contributed by atoms with van der Waals surface area (Å²) in [6.45, 7) is -0.244. The fourth-order valence-electron chi connectivity index (χ4n) is 3.23. The number of ether oxygens (including phenoxy) is 2. The van der Waals surface area contributed by atoms with E-state index in [1.54, 1.807) is 6.07 Å². The van der Waals surface area contributed by atoms with E-state index in [0.717, 1.165) is 23.4 Å². The highest BCUT2D eigenvalue weighted by Gasteiger charge is 2.15. The molecular weight excluding hydrogens is 372 g/mol. The Morgan fingerprint density at radius 1 is 0.931 bits per heavy atom. The number of nitrogens with zero attached hydrogens (tertiary/aromatic N) is 1. The molecule has 1 aliphatic heterocycles. The van der Waals surface area contributed by atoms with E-state index in [0.29, 0.717) is 11.5 Å². The number of para-hydroxylation sites is 2. The molecule has 0 spiro atoms. The third kappa shape index (κ3) is 4.04. The van der Waals surface area contributed by atoms with Crippen molar-refractivity contribution in [3.8, 4) is 11.5 Å². The number of fused-ring (bicyclic) bond motifs is 1. The molecule has 0 N–H and O–H groups in total. The van der Waals surface area contributed by atoms with Crippen molar-refractivity contribution in [1.29, 1.82) is 0 Å². The molecule has 0 unspecified atom stereocenters. The van der Waals surface area contributed by atoms with Crippen LogP contribution in [0.2, 0.25) is 0 Å². The van der Waals surface area contributed by atoms with Gasteiger partial charge in [0, 0.05) is 17.7 Å². The van der Waals surface area contributed by atoms with Crippen LogP contribution in [0.1, 0.15) is 16.7 Å². The first-order chi connectivity index (χ1) is 14.2. The van der Waals surface area contributed by atoms with Crippen molar-refractivity contribution in [3.05, 3.63) is 95.1 Å². The first-order valence-electron chi connectivity index (χ1n) is 9.22. The monoisotopic (exact) mass is 391 g/mol. The predicted molar refractivity (Wildman–Crippen MR) is 110 cm³/mol. The second-order valence-corrected chi connectivity index (χ2v) is 6.61. The average Bonchev–Trinajstić information content (AvgIpc) is 3.15. The molecule has 0 aliphatic carbocycles. The van der Waals surface area contributed by atoms with Gasteiger partial charge in [-0.25, -0.2) is 8.78 Å². The molecule has 3 aromatic carbocycles. The molecule has 0 aromatic heterocycles. The number of methoxy groups -OCH3 is 1. The summed E-state index contributed by atoms with van der Waals surface area (Å²) >= 11 is 0. The lowest BCUT2D eigenvalue weighted by atomic mass is 10.1. The molecule has 3 nitrogen and oxygen atoms in total. The van der Waals surface area contributed by atoms with Crippen LogP contribution in [-0.2, 0) is 13.0 Å². The summed E-state index contributed by atoms with van der Waals surface area (Å²) in [5.41, 5.74) is 3.71. The quantitative estimate of drug-likeness (QED) is 0.524. The van der Waals surface area contributed by atoms with Crippen molar-refractivity contribution in [2.75, 3.05) is 7.11 Å². The Balaban J connectivity index is 1.58. The molecule has 29 heavy (non-hydrogen) atoms. The normalized spacial score (nSPS) is 12.7. The van der Waals surface area contributed by atoms with Gasteiger partial charge in [-0.3, -0.25) is 4.99 Å². The van der Waals surface area contributed by atoms with Gasteiger partial charge in [0.25, 0.3) is 0 Å². The molecule has 0 saturated heterocycles. The van der Waals surface area contributed by atoms with E-state index in [2.05, 4.69) is 11.1 Å². The summed E-state index contributed by atoms with van der Waals surface area (Å²) in [5, 5.41) is 0. The zero-order valence-corrected chi connectivity index (χ0v) is 15.9. The van der Waals surface area contributed by atoms with E-state index in [9.17, 15) is 8.78 Å². The van der Waals surface area contributed by atoms with Crippen molar-refractivity contribution in [3.63, 3.8) is 0 Å². The SMILES string of the molecule is COc1cccc(/C=C/C2=Nc3ccccc3C2)c1OCc1c(F)cccc1F. The maximum atomic E-state index is 13.9. The van der Waals surface area contributed by atoms with Gasteiger partial charge in [-0.2, -0.15) is 0 Å². The van der Waals surface area contributed by atoms with Crippen LogP contribution in [0.25, 0.3) is 6.08 Å². The van der Waals surface area contributed by atoms with Crippen LogP contribution >= 0.6 is 0 Å². The lowest BCUT2D eigenvalue weighted by molar-refractivity contribution is 0.273. The second kappa shape index (κ2) is 8.27. The van der Waals surface area contributed by atoms with Gasteiger partial charge in [-0.1, -0.05) is 36.4 Å². The molecule has 0 fully saturated rings. The van der Waals surface area contributed by atoms with Crippen LogP contribution < -0.4 is 9.47 Å². The Morgan fingerprint density at radius 2 is 1.69 bits per heavy atom. The fourth-order valence-corrected chi connectivity index (χ4v) is 3.23. The summed E-state index contributed by atoms with van der Waals surface area (Å²) in [5.74, 6) is -0.379. The number of hydrogen-bond donors (Lipinski definition) is 0. The van der Waals surface area contributed by atoms with E-state index in [1.165, 1.54) is 30.9 Å². The second-order valence-electron chi connectivity index (χ2n) is 6.61. The van der Waals surface area contributed by atoms with Crippen LogP contribution in [-0.4, -0.2) is 12.8 Å². The van der Waals surface area contributed by atoms with Gasteiger partial charge in [-0.15, -0.1) is 0 Å². The van der Waals surface area contributed by atoms with Gasteiger partial charge in [0.1, 0.15) is 18.2 Å². The summed E-state index contributed by atoms with van der Waals surface area (Å²) in [4.78, 5) is 4.61. The molecule has 4 rings (SSSR count). The first kappa shape index (κ1) is 18.9. The maximum absolute atomic E-state index is 13.9. The largest absolute Gasteiger partial charge is 0.493 e. The van der Waals surface area contributed by atoms with Crippen molar-refractivity contribution in [2.45, 2.75) is 13.0 Å². The molecule has 1 heterocycles. The molecule has 1 aliphatic rings. The minimum Gasteiger partial charge on any atom is -0.493 e. The standard InChI is InChI=1S/C24H19F2NO2/c1-28-23-11-4-7-16(12-13-18-14-17-6-2-3-10-22(17)27-18)24(23)29-15-19-20(25)8-5-9-21(19)26/h2-13H,14-15H2,1H3/b13-12+. The lowest BCUT2D eigenvalue weighted by Gasteiger charge is -2.14. The summed E-state index contributed by atoms with van der Waals surface area (Å²) in [6.07, 6.45) is 4.55. The van der Waals surface area contributed by atoms with E-state index < -0.39 is 11.6 Å². The van der Waals surface area contributed by atoms with E-state index in [1.807, 2.05) is 42.5 Å². The molecule has 0 bridgehead atoms.